The van der Waals surface area contributed by atoms with Gasteiger partial charge in [0.15, 0.2) is 0 Å². The van der Waals surface area contributed by atoms with Crippen molar-refractivity contribution in [3.05, 3.63) is 42.5 Å². The summed E-state index contributed by atoms with van der Waals surface area (Å²) < 4.78 is 7.91. The molecule has 1 N–H and O–H groups in total. The van der Waals surface area contributed by atoms with Gasteiger partial charge in [0.05, 0.1) is 24.8 Å². The van der Waals surface area contributed by atoms with Gasteiger partial charge < -0.3 is 19.5 Å². The highest BCUT2D eigenvalue weighted by molar-refractivity contribution is 6.76. The number of carbonyl (C=O) groups excluding carboxylic acids is 1. The van der Waals surface area contributed by atoms with Crippen LogP contribution in [0.4, 0.5) is 11.4 Å². The van der Waals surface area contributed by atoms with E-state index in [1.54, 1.807) is 0 Å². The van der Waals surface area contributed by atoms with Gasteiger partial charge in [0.2, 0.25) is 5.91 Å². The second-order valence-electron chi connectivity index (χ2n) is 8.75. The first-order chi connectivity index (χ1) is 13.2. The number of aromatic nitrogens is 2. The predicted molar refractivity (Wildman–Crippen MR) is 118 cm³/mol. The number of rotatable bonds is 10. The summed E-state index contributed by atoms with van der Waals surface area (Å²) in [7, 11) is 0.959. The molecular weight excluding hydrogens is 368 g/mol. The van der Waals surface area contributed by atoms with E-state index in [0.29, 0.717) is 13.3 Å². The van der Waals surface area contributed by atoms with Crippen molar-refractivity contribution in [2.24, 2.45) is 5.92 Å². The lowest BCUT2D eigenvalue weighted by atomic mass is 10.2. The zero-order valence-electron chi connectivity index (χ0n) is 18.0. The van der Waals surface area contributed by atoms with Crippen LogP contribution in [0.15, 0.2) is 36.8 Å². The molecule has 0 radical (unpaired) electrons. The van der Waals surface area contributed by atoms with Gasteiger partial charge in [-0.25, -0.2) is 4.98 Å². The molecule has 1 heterocycles. The fourth-order valence-electron chi connectivity index (χ4n) is 2.58. The van der Waals surface area contributed by atoms with Crippen LogP contribution in [-0.4, -0.2) is 37.2 Å². The van der Waals surface area contributed by atoms with Crippen molar-refractivity contribution in [1.82, 2.24) is 9.55 Å². The Hall–Kier alpha value is -2.12. The van der Waals surface area contributed by atoms with E-state index in [-0.39, 0.29) is 11.8 Å². The average molecular weight is 403 g/mol. The van der Waals surface area contributed by atoms with Crippen molar-refractivity contribution in [3.63, 3.8) is 0 Å². The largest absolute Gasteiger partial charge is 0.369 e. The van der Waals surface area contributed by atoms with E-state index < -0.39 is 8.07 Å². The highest BCUT2D eigenvalue weighted by Gasteiger charge is 2.13. The minimum atomic E-state index is -1.08. The summed E-state index contributed by atoms with van der Waals surface area (Å²) in [6.07, 6.45) is 3.69. The van der Waals surface area contributed by atoms with Crippen LogP contribution >= 0.6 is 0 Å². The zero-order chi connectivity index (χ0) is 20.7. The van der Waals surface area contributed by atoms with Crippen LogP contribution in [-0.2, 0) is 22.8 Å². The van der Waals surface area contributed by atoms with E-state index in [1.165, 1.54) is 0 Å². The van der Waals surface area contributed by atoms with Gasteiger partial charge in [-0.2, -0.15) is 0 Å². The van der Waals surface area contributed by atoms with Gasteiger partial charge in [0.1, 0.15) is 6.73 Å². The van der Waals surface area contributed by atoms with E-state index in [2.05, 4.69) is 34.8 Å². The summed E-state index contributed by atoms with van der Waals surface area (Å²) in [5.74, 6) is -0.0231. The minimum Gasteiger partial charge on any atom is -0.369 e. The maximum Gasteiger partial charge on any atom is 0.226 e. The van der Waals surface area contributed by atoms with Crippen LogP contribution in [0.2, 0.25) is 25.7 Å². The topological polar surface area (TPSA) is 59.4 Å². The van der Waals surface area contributed by atoms with Gasteiger partial charge in [0, 0.05) is 39.0 Å². The molecule has 0 fully saturated rings. The summed E-state index contributed by atoms with van der Waals surface area (Å²) in [6, 6.07) is 9.06. The molecule has 1 aromatic heterocycles. The van der Waals surface area contributed by atoms with Crippen molar-refractivity contribution in [2.75, 3.05) is 23.9 Å². The first-order valence-corrected chi connectivity index (χ1v) is 13.6. The van der Waals surface area contributed by atoms with E-state index in [1.807, 2.05) is 62.3 Å². The summed E-state index contributed by atoms with van der Waals surface area (Å²) >= 11 is 0. The lowest BCUT2D eigenvalue weighted by molar-refractivity contribution is -0.118. The third-order valence-corrected chi connectivity index (χ3v) is 6.21. The molecule has 6 nitrogen and oxygen atoms in total. The Kier molecular flexibility index (Phi) is 7.83. The number of nitrogens with one attached hydrogen (secondary N) is 1. The summed E-state index contributed by atoms with van der Waals surface area (Å²) in [5.41, 5.74) is 2.94. The maximum atomic E-state index is 11.9. The Bertz CT molecular complexity index is 768. The van der Waals surface area contributed by atoms with Crippen molar-refractivity contribution in [3.8, 4) is 0 Å². The van der Waals surface area contributed by atoms with E-state index in [9.17, 15) is 4.79 Å². The third-order valence-electron chi connectivity index (χ3n) is 4.50. The van der Waals surface area contributed by atoms with Gasteiger partial charge in [-0.05, 0) is 24.2 Å². The number of amides is 1. The molecule has 0 aliphatic heterocycles. The van der Waals surface area contributed by atoms with Gasteiger partial charge in [-0.1, -0.05) is 39.6 Å². The molecule has 0 aliphatic rings. The molecule has 0 spiro atoms. The lowest BCUT2D eigenvalue weighted by Crippen LogP contribution is -2.23. The summed E-state index contributed by atoms with van der Waals surface area (Å²) in [5, 5.41) is 2.95. The molecule has 1 amide bonds. The standard InChI is InChI=1S/C21H34N4O2Si/c1-17(2)21(26)23-18-8-7-9-19(12-18)24(3)14-20-13-22-15-25(20)16-27-10-11-28(4,5)6/h7-9,12-13,15,17H,10-11,14,16H2,1-6H3,(H,23,26). The number of hydrogen-bond acceptors (Lipinski definition) is 4. The summed E-state index contributed by atoms with van der Waals surface area (Å²) in [4.78, 5) is 18.4. The predicted octanol–water partition coefficient (Wildman–Crippen LogP) is 4.43. The Morgan fingerprint density at radius 2 is 2.07 bits per heavy atom. The summed E-state index contributed by atoms with van der Waals surface area (Å²) in [6.45, 7) is 12.9. The fraction of sp³-hybridized carbons (Fsp3) is 0.524. The Morgan fingerprint density at radius 3 is 2.75 bits per heavy atom. The smallest absolute Gasteiger partial charge is 0.226 e. The Balaban J connectivity index is 1.95. The van der Waals surface area contributed by atoms with Crippen molar-refractivity contribution >= 4 is 25.4 Å². The molecule has 2 rings (SSSR count). The van der Waals surface area contributed by atoms with Crippen LogP contribution < -0.4 is 10.2 Å². The molecule has 2 aromatic rings. The fourth-order valence-corrected chi connectivity index (χ4v) is 3.34. The maximum absolute atomic E-state index is 11.9. The van der Waals surface area contributed by atoms with Crippen molar-refractivity contribution in [2.45, 2.75) is 52.8 Å². The molecule has 0 bridgehead atoms. The molecule has 28 heavy (non-hydrogen) atoms. The SMILES string of the molecule is CC(C)C(=O)Nc1cccc(N(C)Cc2cncn2COCC[Si](C)(C)C)c1. The number of anilines is 2. The molecule has 0 saturated heterocycles. The van der Waals surface area contributed by atoms with Gasteiger partial charge in [-0.3, -0.25) is 4.79 Å². The molecular formula is C21H34N4O2Si. The first-order valence-electron chi connectivity index (χ1n) is 9.84. The van der Waals surface area contributed by atoms with Crippen molar-refractivity contribution < 1.29 is 9.53 Å². The molecule has 0 aliphatic carbocycles. The second kappa shape index (κ2) is 9.89. The number of benzene rings is 1. The zero-order valence-corrected chi connectivity index (χ0v) is 19.0. The number of imidazole rings is 1. The van der Waals surface area contributed by atoms with Gasteiger partial charge >= 0.3 is 0 Å². The number of nitrogens with zero attached hydrogens (tertiary/aromatic N) is 3. The van der Waals surface area contributed by atoms with Crippen LogP contribution in [0.25, 0.3) is 0 Å². The van der Waals surface area contributed by atoms with E-state index >= 15 is 0 Å². The van der Waals surface area contributed by atoms with E-state index in [0.717, 1.165) is 29.7 Å². The number of hydrogen-bond donors (Lipinski definition) is 1. The number of carbonyl (C=O) groups is 1. The van der Waals surface area contributed by atoms with Crippen LogP contribution in [0.3, 0.4) is 0 Å². The van der Waals surface area contributed by atoms with Gasteiger partial charge in [-0.15, -0.1) is 0 Å². The number of ether oxygens (including phenoxy) is 1. The first kappa shape index (κ1) is 22.2. The Morgan fingerprint density at radius 1 is 1.32 bits per heavy atom. The molecule has 1 aromatic carbocycles. The molecule has 0 unspecified atom stereocenters. The Labute approximate surface area is 169 Å². The highest BCUT2D eigenvalue weighted by Crippen LogP contribution is 2.21. The monoisotopic (exact) mass is 402 g/mol. The van der Waals surface area contributed by atoms with Crippen LogP contribution in [0.5, 0.6) is 0 Å². The average Bonchev–Trinajstić information content (AvgIpc) is 3.05. The molecule has 0 atom stereocenters. The van der Waals surface area contributed by atoms with Crippen LogP contribution in [0, 0.1) is 5.92 Å². The molecule has 7 heteroatoms. The quantitative estimate of drug-likeness (QED) is 0.472. The van der Waals surface area contributed by atoms with Gasteiger partial charge in [0.25, 0.3) is 0 Å². The lowest BCUT2D eigenvalue weighted by Gasteiger charge is -2.21. The normalized spacial score (nSPS) is 11.7. The van der Waals surface area contributed by atoms with Crippen LogP contribution in [0.1, 0.15) is 19.5 Å². The highest BCUT2D eigenvalue weighted by atomic mass is 28.3. The second-order valence-corrected chi connectivity index (χ2v) is 14.4. The molecule has 154 valence electrons. The van der Waals surface area contributed by atoms with Crippen molar-refractivity contribution in [1.29, 1.82) is 0 Å². The minimum absolute atomic E-state index is 0.0216. The third kappa shape index (κ3) is 7.13. The van der Waals surface area contributed by atoms with E-state index in [4.69, 9.17) is 4.74 Å². The molecule has 0 saturated carbocycles.